The predicted octanol–water partition coefficient (Wildman–Crippen LogP) is 1.35. The van der Waals surface area contributed by atoms with Crippen molar-refractivity contribution in [1.29, 1.82) is 0 Å². The molecule has 0 radical (unpaired) electrons. The van der Waals surface area contributed by atoms with E-state index in [-0.39, 0.29) is 11.0 Å². The molecular weight excluding hydrogens is 311 g/mol. The number of benzene rings is 2. The molecule has 0 unspecified atom stereocenters. The van der Waals surface area contributed by atoms with Gasteiger partial charge in [-0.15, -0.1) is 0 Å². The molecule has 6 heteroatoms. The van der Waals surface area contributed by atoms with E-state index in [1.54, 1.807) is 36.4 Å². The van der Waals surface area contributed by atoms with E-state index in [9.17, 15) is 14.8 Å². The van der Waals surface area contributed by atoms with Gasteiger partial charge in [0.15, 0.2) is 0 Å². The molecule has 96 valence electrons. The minimum atomic E-state index is -1.73. The fraction of sp³-hybridized carbons (Fsp3) is 0. The zero-order chi connectivity index (χ0) is 13.8. The quantitative estimate of drug-likeness (QED) is 0.509. The van der Waals surface area contributed by atoms with Crippen LogP contribution in [-0.4, -0.2) is 23.1 Å². The Bertz CT molecular complexity index is 586. The number of carbonyl (C=O) groups is 1. The number of hydrogen-bond acceptors (Lipinski definition) is 4. The van der Waals surface area contributed by atoms with E-state index in [0.717, 1.165) is 0 Å². The highest BCUT2D eigenvalue weighted by Crippen LogP contribution is 2.14. The molecule has 0 amide bonds. The van der Waals surface area contributed by atoms with E-state index in [2.05, 4.69) is 15.9 Å². The molecule has 0 aliphatic rings. The maximum Gasteiger partial charge on any atom is 0.489 e. The number of ether oxygens (including phenoxy) is 1. The van der Waals surface area contributed by atoms with E-state index in [1.807, 2.05) is 0 Å². The summed E-state index contributed by atoms with van der Waals surface area (Å²) >= 11 is 3.23. The fourth-order valence-electron chi connectivity index (χ4n) is 1.58. The molecule has 2 N–H and O–H groups in total. The van der Waals surface area contributed by atoms with Gasteiger partial charge in [0.25, 0.3) is 0 Å². The largest absolute Gasteiger partial charge is 0.489 e. The van der Waals surface area contributed by atoms with Crippen LogP contribution in [0.15, 0.2) is 53.0 Å². The molecule has 0 aromatic heterocycles. The molecule has 0 fully saturated rings. The third-order valence-corrected chi connectivity index (χ3v) is 2.96. The molecule has 0 saturated carbocycles. The van der Waals surface area contributed by atoms with Gasteiger partial charge in [-0.2, -0.15) is 0 Å². The number of halogens is 1. The van der Waals surface area contributed by atoms with Crippen molar-refractivity contribution in [3.63, 3.8) is 0 Å². The second-order valence-electron chi connectivity index (χ2n) is 3.81. The Morgan fingerprint density at radius 2 is 1.79 bits per heavy atom. The lowest BCUT2D eigenvalue weighted by molar-refractivity contribution is 0.0735. The molecule has 4 nitrogen and oxygen atoms in total. The normalized spacial score (nSPS) is 10.1. The highest BCUT2D eigenvalue weighted by atomic mass is 79.9. The van der Waals surface area contributed by atoms with Crippen LogP contribution in [0.25, 0.3) is 0 Å². The number of hydrogen-bond donors (Lipinski definition) is 2. The highest BCUT2D eigenvalue weighted by molar-refractivity contribution is 9.10. The molecule has 0 saturated heterocycles. The maximum atomic E-state index is 12.0. The van der Waals surface area contributed by atoms with Crippen LogP contribution in [0.1, 0.15) is 10.4 Å². The van der Waals surface area contributed by atoms with Crippen LogP contribution < -0.4 is 10.2 Å². The van der Waals surface area contributed by atoms with Crippen LogP contribution in [0.3, 0.4) is 0 Å². The van der Waals surface area contributed by atoms with Crippen molar-refractivity contribution < 1.29 is 19.6 Å². The zero-order valence-corrected chi connectivity index (χ0v) is 11.4. The van der Waals surface area contributed by atoms with E-state index >= 15 is 0 Å². The first-order chi connectivity index (χ1) is 9.08. The summed E-state index contributed by atoms with van der Waals surface area (Å²) in [6, 6.07) is 13.1. The average Bonchev–Trinajstić information content (AvgIpc) is 2.39. The number of rotatable bonds is 3. The molecule has 0 atom stereocenters. The molecule has 0 bridgehead atoms. The molecule has 0 heterocycles. The van der Waals surface area contributed by atoms with Crippen LogP contribution in [0, 0.1) is 0 Å². The van der Waals surface area contributed by atoms with E-state index in [4.69, 9.17) is 4.74 Å². The lowest BCUT2D eigenvalue weighted by Crippen LogP contribution is -2.35. The smallest absolute Gasteiger partial charge is 0.423 e. The minimum Gasteiger partial charge on any atom is -0.423 e. The second kappa shape index (κ2) is 6.01. The molecule has 19 heavy (non-hydrogen) atoms. The highest BCUT2D eigenvalue weighted by Gasteiger charge is 2.22. The Kier molecular flexibility index (Phi) is 4.37. The Morgan fingerprint density at radius 3 is 2.42 bits per heavy atom. The zero-order valence-electron chi connectivity index (χ0n) is 9.79. The molecule has 0 aliphatic heterocycles. The van der Waals surface area contributed by atoms with Crippen molar-refractivity contribution in [1.82, 2.24) is 0 Å². The second-order valence-corrected chi connectivity index (χ2v) is 4.72. The summed E-state index contributed by atoms with van der Waals surface area (Å²) in [6.07, 6.45) is 0. The van der Waals surface area contributed by atoms with Gasteiger partial charge in [-0.05, 0) is 29.7 Å². The Hall–Kier alpha value is -1.63. The first-order valence-corrected chi connectivity index (χ1v) is 6.30. The topological polar surface area (TPSA) is 66.8 Å². The lowest BCUT2D eigenvalue weighted by Gasteiger charge is -2.09. The van der Waals surface area contributed by atoms with Gasteiger partial charge in [-0.1, -0.05) is 40.2 Å². The van der Waals surface area contributed by atoms with Gasteiger partial charge in [0, 0.05) is 4.47 Å². The van der Waals surface area contributed by atoms with Gasteiger partial charge in [-0.25, -0.2) is 4.79 Å². The van der Waals surface area contributed by atoms with E-state index in [1.165, 1.54) is 12.1 Å². The van der Waals surface area contributed by atoms with Crippen molar-refractivity contribution in [3.05, 3.63) is 58.6 Å². The summed E-state index contributed by atoms with van der Waals surface area (Å²) in [6.45, 7) is 0. The molecule has 0 spiro atoms. The average molecular weight is 321 g/mol. The van der Waals surface area contributed by atoms with Crippen LogP contribution in [0.5, 0.6) is 5.75 Å². The fourth-order valence-corrected chi connectivity index (χ4v) is 1.94. The van der Waals surface area contributed by atoms with E-state index in [0.29, 0.717) is 10.2 Å². The summed E-state index contributed by atoms with van der Waals surface area (Å²) in [5.74, 6) is -0.249. The SMILES string of the molecule is O=C(Oc1ccccc1)c1cc(Br)ccc1B(O)O. The number of para-hydroxylation sites is 1. The molecule has 2 rings (SSSR count). The summed E-state index contributed by atoms with van der Waals surface area (Å²) in [5.41, 5.74) is 0.206. The standard InChI is InChI=1S/C13H10BBrO4/c15-9-6-7-12(14(17)18)11(8-9)13(16)19-10-4-2-1-3-5-10/h1-8,17-18H. The third kappa shape index (κ3) is 3.44. The first-order valence-electron chi connectivity index (χ1n) is 5.51. The number of carbonyl (C=O) groups excluding carboxylic acids is 1. The molecule has 2 aromatic carbocycles. The molecule has 0 aliphatic carbocycles. The van der Waals surface area contributed by atoms with Gasteiger partial charge in [-0.3, -0.25) is 0 Å². The Morgan fingerprint density at radius 1 is 1.11 bits per heavy atom. The van der Waals surface area contributed by atoms with Gasteiger partial charge in [0.1, 0.15) is 5.75 Å². The summed E-state index contributed by atoms with van der Waals surface area (Å²) in [4.78, 5) is 12.0. The summed E-state index contributed by atoms with van der Waals surface area (Å²) in [7, 11) is -1.73. The Balaban J connectivity index is 2.30. The maximum absolute atomic E-state index is 12.0. The minimum absolute atomic E-state index is 0.101. The first kappa shape index (κ1) is 13.8. The van der Waals surface area contributed by atoms with E-state index < -0.39 is 13.1 Å². The van der Waals surface area contributed by atoms with Gasteiger partial charge >= 0.3 is 13.1 Å². The third-order valence-electron chi connectivity index (χ3n) is 2.47. The van der Waals surface area contributed by atoms with Gasteiger partial charge in [0.05, 0.1) is 5.56 Å². The summed E-state index contributed by atoms with van der Waals surface area (Å²) in [5, 5.41) is 18.5. The molecular formula is C13H10BBrO4. The molecule has 2 aromatic rings. The van der Waals surface area contributed by atoms with Gasteiger partial charge < -0.3 is 14.8 Å². The van der Waals surface area contributed by atoms with Crippen LogP contribution in [0.2, 0.25) is 0 Å². The van der Waals surface area contributed by atoms with Crippen molar-refractivity contribution in [2.45, 2.75) is 0 Å². The van der Waals surface area contributed by atoms with Crippen molar-refractivity contribution in [2.24, 2.45) is 0 Å². The van der Waals surface area contributed by atoms with Crippen LogP contribution >= 0.6 is 15.9 Å². The Labute approximate surface area is 118 Å². The predicted molar refractivity (Wildman–Crippen MR) is 75.4 cm³/mol. The monoisotopic (exact) mass is 320 g/mol. The lowest BCUT2D eigenvalue weighted by atomic mass is 9.77. The van der Waals surface area contributed by atoms with Crippen molar-refractivity contribution in [3.8, 4) is 5.75 Å². The van der Waals surface area contributed by atoms with Crippen molar-refractivity contribution >= 4 is 34.5 Å². The van der Waals surface area contributed by atoms with Crippen molar-refractivity contribution in [2.75, 3.05) is 0 Å². The summed E-state index contributed by atoms with van der Waals surface area (Å²) < 4.78 is 5.81. The van der Waals surface area contributed by atoms with Crippen LogP contribution in [0.4, 0.5) is 0 Å². The number of esters is 1. The van der Waals surface area contributed by atoms with Crippen LogP contribution in [-0.2, 0) is 0 Å². The van der Waals surface area contributed by atoms with Gasteiger partial charge in [0.2, 0.25) is 0 Å².